The van der Waals surface area contributed by atoms with Gasteiger partial charge in [-0.2, -0.15) is 31.4 Å². The number of hydrogen-bond donors (Lipinski definition) is 0. The third-order valence-corrected chi connectivity index (χ3v) is 6.87. The third-order valence-electron chi connectivity index (χ3n) is 6.87. The predicted octanol–water partition coefficient (Wildman–Crippen LogP) is 7.40. The molecule has 0 aliphatic rings. The molecule has 0 N–H and O–H groups in total. The highest BCUT2D eigenvalue weighted by Crippen LogP contribution is 2.42. The summed E-state index contributed by atoms with van der Waals surface area (Å²) in [6.07, 6.45) is -6.97. The van der Waals surface area contributed by atoms with Gasteiger partial charge in [0.25, 0.3) is 0 Å². The molecule has 5 nitrogen and oxygen atoms in total. The summed E-state index contributed by atoms with van der Waals surface area (Å²) in [6.45, 7) is 6.94. The molecule has 2 aromatic carbocycles. The summed E-state index contributed by atoms with van der Waals surface area (Å²) < 4.78 is 82.9. The highest BCUT2D eigenvalue weighted by molar-refractivity contribution is 6.08. The van der Waals surface area contributed by atoms with Crippen molar-refractivity contribution < 1.29 is 31.1 Å². The Balaban J connectivity index is 1.89. The lowest BCUT2D eigenvalue weighted by Gasteiger charge is -2.32. The Morgan fingerprint density at radius 3 is 2.03 bits per heavy atom. The topological polar surface area (TPSA) is 51.0 Å². The van der Waals surface area contributed by atoms with Gasteiger partial charge in [-0.05, 0) is 62.6 Å². The van der Waals surface area contributed by atoms with Crippen molar-refractivity contribution in [3.05, 3.63) is 77.1 Å². The molecule has 0 fully saturated rings. The van der Waals surface area contributed by atoms with Crippen LogP contribution >= 0.6 is 0 Å². The van der Waals surface area contributed by atoms with Crippen molar-refractivity contribution in [2.45, 2.75) is 52.0 Å². The number of carbonyl (C=O) groups excluding carboxylic acids is 1. The number of hydrogen-bond acceptors (Lipinski definition) is 3. The van der Waals surface area contributed by atoms with E-state index in [1.54, 1.807) is 10.9 Å². The van der Waals surface area contributed by atoms with Crippen LogP contribution in [0.4, 0.5) is 32.0 Å². The fourth-order valence-electron chi connectivity index (χ4n) is 4.61. The average molecular weight is 549 g/mol. The molecule has 39 heavy (non-hydrogen) atoms. The van der Waals surface area contributed by atoms with Gasteiger partial charge in [-0.25, -0.2) is 9.67 Å². The summed E-state index contributed by atoms with van der Waals surface area (Å²) >= 11 is 0. The van der Waals surface area contributed by atoms with Crippen LogP contribution < -0.4 is 4.90 Å². The van der Waals surface area contributed by atoms with Gasteiger partial charge in [-0.1, -0.05) is 24.3 Å². The molecule has 0 bridgehead atoms. The van der Waals surface area contributed by atoms with Crippen molar-refractivity contribution in [3.63, 3.8) is 0 Å². The van der Waals surface area contributed by atoms with Gasteiger partial charge >= 0.3 is 12.4 Å². The monoisotopic (exact) mass is 548 g/mol. The lowest BCUT2D eigenvalue weighted by Crippen LogP contribution is -2.42. The number of rotatable bonds is 5. The first-order valence-electron chi connectivity index (χ1n) is 12.1. The van der Waals surface area contributed by atoms with Gasteiger partial charge < -0.3 is 4.90 Å². The maximum atomic E-state index is 13.9. The molecule has 0 radical (unpaired) electrons. The summed E-state index contributed by atoms with van der Waals surface area (Å²) in [5.41, 5.74) is -1.91. The van der Waals surface area contributed by atoms with Crippen LogP contribution in [0.1, 0.15) is 43.0 Å². The first-order valence-corrected chi connectivity index (χ1v) is 12.1. The number of halogens is 6. The van der Waals surface area contributed by atoms with Crippen molar-refractivity contribution >= 4 is 22.6 Å². The van der Waals surface area contributed by atoms with Crippen LogP contribution in [0.25, 0.3) is 22.2 Å². The SMILES string of the molecule is CCn1ncc2c(-c3ccccc3C)c(N(C)C(=O)C(C)(C)c3cc(C(F)(F)F)cc(C(F)(F)F)c3)cnc21. The molecular formula is C28H26F6N4O. The Kier molecular flexibility index (Phi) is 6.99. The van der Waals surface area contributed by atoms with Crippen molar-refractivity contribution in [1.82, 2.24) is 14.8 Å². The van der Waals surface area contributed by atoms with E-state index in [4.69, 9.17) is 0 Å². The van der Waals surface area contributed by atoms with Crippen molar-refractivity contribution in [2.75, 3.05) is 11.9 Å². The minimum atomic E-state index is -5.03. The second-order valence-electron chi connectivity index (χ2n) is 9.81. The van der Waals surface area contributed by atoms with E-state index < -0.39 is 40.4 Å². The molecule has 4 rings (SSSR count). The van der Waals surface area contributed by atoms with Gasteiger partial charge in [0.05, 0.1) is 34.6 Å². The number of aromatic nitrogens is 3. The minimum Gasteiger partial charge on any atom is -0.313 e. The molecule has 1 amide bonds. The predicted molar refractivity (Wildman–Crippen MR) is 136 cm³/mol. The van der Waals surface area contributed by atoms with Crippen molar-refractivity contribution in [2.24, 2.45) is 0 Å². The number of anilines is 1. The molecular weight excluding hydrogens is 522 g/mol. The summed E-state index contributed by atoms with van der Waals surface area (Å²) in [5.74, 6) is -0.714. The molecule has 2 heterocycles. The number of fused-ring (bicyclic) bond motifs is 1. The van der Waals surface area contributed by atoms with Crippen molar-refractivity contribution in [1.29, 1.82) is 0 Å². The summed E-state index contributed by atoms with van der Waals surface area (Å²) in [6, 6.07) is 8.68. The molecule has 206 valence electrons. The molecule has 0 saturated carbocycles. The van der Waals surface area contributed by atoms with Gasteiger partial charge in [-0.15, -0.1) is 0 Å². The smallest absolute Gasteiger partial charge is 0.313 e. The summed E-state index contributed by atoms with van der Waals surface area (Å²) in [4.78, 5) is 19.6. The number of alkyl halides is 6. The molecule has 0 spiro atoms. The highest BCUT2D eigenvalue weighted by atomic mass is 19.4. The largest absolute Gasteiger partial charge is 0.416 e. The van der Waals surface area contributed by atoms with Crippen molar-refractivity contribution in [3.8, 4) is 11.1 Å². The number of aryl methyl sites for hydroxylation is 2. The lowest BCUT2D eigenvalue weighted by molar-refractivity contribution is -0.143. The quantitative estimate of drug-likeness (QED) is 0.244. The zero-order valence-corrected chi connectivity index (χ0v) is 21.9. The second kappa shape index (κ2) is 9.69. The summed E-state index contributed by atoms with van der Waals surface area (Å²) in [5, 5.41) is 5.03. The Morgan fingerprint density at radius 1 is 0.923 bits per heavy atom. The molecule has 0 unspecified atom stereocenters. The van der Waals surface area contributed by atoms with Crippen LogP contribution in [0.3, 0.4) is 0 Å². The van der Waals surface area contributed by atoms with Crippen LogP contribution in [-0.4, -0.2) is 27.7 Å². The summed E-state index contributed by atoms with van der Waals surface area (Å²) in [7, 11) is 1.43. The Bertz CT molecular complexity index is 1520. The van der Waals surface area contributed by atoms with E-state index in [1.807, 2.05) is 38.1 Å². The molecule has 0 aliphatic heterocycles. The molecule has 0 aliphatic carbocycles. The number of likely N-dealkylation sites (N-methyl/N-ethyl adjacent to an activating group) is 1. The standard InChI is InChI=1S/C28H26F6N4O/c1-6-38-24-21(14-36-38)23(20-10-8-7-9-16(20)2)22(15-35-24)37(5)25(39)26(3,4)17-11-18(27(29,30)31)13-19(12-17)28(32,33)34/h7-15H,6H2,1-5H3. The Labute approximate surface area is 221 Å². The lowest BCUT2D eigenvalue weighted by atomic mass is 9.81. The van der Waals surface area contributed by atoms with Gasteiger partial charge in [0.15, 0.2) is 5.65 Å². The van der Waals surface area contributed by atoms with Crippen LogP contribution in [-0.2, 0) is 29.1 Å². The zero-order valence-electron chi connectivity index (χ0n) is 21.9. The third kappa shape index (κ3) is 5.09. The fraction of sp³-hybridized carbons (Fsp3) is 0.321. The van der Waals surface area contributed by atoms with E-state index in [0.717, 1.165) is 11.1 Å². The number of carbonyl (C=O) groups is 1. The number of nitrogens with zero attached hydrogens (tertiary/aromatic N) is 4. The van der Waals surface area contributed by atoms with Gasteiger partial charge in [0, 0.05) is 24.5 Å². The first-order chi connectivity index (χ1) is 18.1. The fourth-order valence-corrected chi connectivity index (χ4v) is 4.61. The maximum Gasteiger partial charge on any atom is 0.416 e. The van der Waals surface area contributed by atoms with Crippen LogP contribution in [0.5, 0.6) is 0 Å². The number of benzene rings is 2. The maximum absolute atomic E-state index is 13.9. The van der Waals surface area contributed by atoms with E-state index in [9.17, 15) is 31.1 Å². The van der Waals surface area contributed by atoms with E-state index in [0.29, 0.717) is 41.0 Å². The second-order valence-corrected chi connectivity index (χ2v) is 9.81. The first kappa shape index (κ1) is 28.1. The molecule has 0 atom stereocenters. The van der Waals surface area contributed by atoms with Gasteiger partial charge in [0.2, 0.25) is 5.91 Å². The van der Waals surface area contributed by atoms with E-state index in [1.165, 1.54) is 32.0 Å². The molecule has 0 saturated heterocycles. The minimum absolute atomic E-state index is 0.0489. The molecule has 11 heteroatoms. The molecule has 4 aromatic rings. The van der Waals surface area contributed by atoms with E-state index in [2.05, 4.69) is 10.1 Å². The van der Waals surface area contributed by atoms with E-state index >= 15 is 0 Å². The Hall–Kier alpha value is -3.89. The Morgan fingerprint density at radius 2 is 1.49 bits per heavy atom. The zero-order chi connectivity index (χ0) is 28.9. The number of amides is 1. The van der Waals surface area contributed by atoms with E-state index in [-0.39, 0.29) is 6.07 Å². The molecule has 2 aromatic heterocycles. The highest BCUT2D eigenvalue weighted by Gasteiger charge is 2.41. The van der Waals surface area contributed by atoms with Crippen LogP contribution in [0.15, 0.2) is 54.9 Å². The van der Waals surface area contributed by atoms with Gasteiger partial charge in [-0.3, -0.25) is 4.79 Å². The number of pyridine rings is 1. The normalized spacial score (nSPS) is 12.7. The van der Waals surface area contributed by atoms with Crippen LogP contribution in [0.2, 0.25) is 0 Å². The average Bonchev–Trinajstić information content (AvgIpc) is 3.29. The van der Waals surface area contributed by atoms with Gasteiger partial charge in [0.1, 0.15) is 0 Å². The van der Waals surface area contributed by atoms with Crippen LogP contribution in [0, 0.1) is 6.92 Å².